The zero-order valence-corrected chi connectivity index (χ0v) is 26.2. The zero-order chi connectivity index (χ0) is 31.4. The van der Waals surface area contributed by atoms with Gasteiger partial charge in [-0.15, -0.1) is 5.10 Å². The van der Waals surface area contributed by atoms with Gasteiger partial charge in [-0.05, 0) is 63.5 Å². The van der Waals surface area contributed by atoms with E-state index < -0.39 is 17.6 Å². The van der Waals surface area contributed by atoms with E-state index in [9.17, 15) is 17.6 Å². The molecule has 0 saturated heterocycles. The number of aryl methyl sites for hydroxylation is 1. The molecule has 3 unspecified atom stereocenters. The van der Waals surface area contributed by atoms with Gasteiger partial charge in [0, 0.05) is 28.6 Å². The molecule has 8 heteroatoms. The molecule has 41 heavy (non-hydrogen) atoms. The van der Waals surface area contributed by atoms with Gasteiger partial charge in [0.05, 0.1) is 11.3 Å². The third-order valence-corrected chi connectivity index (χ3v) is 7.82. The molecular formula is C33H50F4N4. The molecule has 0 bridgehead atoms. The van der Waals surface area contributed by atoms with Crippen molar-refractivity contribution in [2.75, 3.05) is 5.32 Å². The maximum Gasteiger partial charge on any atom is 0.419 e. The number of halogens is 4. The maximum atomic E-state index is 14.2. The molecule has 4 nitrogen and oxygen atoms in total. The first-order valence-corrected chi connectivity index (χ1v) is 14.6. The van der Waals surface area contributed by atoms with Crippen molar-refractivity contribution >= 4 is 18.0 Å². The Morgan fingerprint density at radius 1 is 1.12 bits per heavy atom. The molecule has 0 aliphatic rings. The van der Waals surface area contributed by atoms with E-state index in [1.807, 2.05) is 19.9 Å². The van der Waals surface area contributed by atoms with Crippen LogP contribution in [0, 0.1) is 24.1 Å². The number of anilines is 1. The fourth-order valence-electron chi connectivity index (χ4n) is 4.56. The monoisotopic (exact) mass is 578 g/mol. The van der Waals surface area contributed by atoms with Gasteiger partial charge in [0.25, 0.3) is 0 Å². The van der Waals surface area contributed by atoms with Crippen LogP contribution in [0.5, 0.6) is 0 Å². The Morgan fingerprint density at radius 2 is 1.78 bits per heavy atom. The van der Waals surface area contributed by atoms with Crippen molar-refractivity contribution in [1.29, 1.82) is 0 Å². The van der Waals surface area contributed by atoms with Crippen LogP contribution in [0.2, 0.25) is 0 Å². The number of benzene rings is 1. The van der Waals surface area contributed by atoms with Crippen LogP contribution in [0.15, 0.2) is 30.4 Å². The summed E-state index contributed by atoms with van der Waals surface area (Å²) in [4.78, 5) is 0. The lowest BCUT2D eigenvalue weighted by Gasteiger charge is -2.32. The van der Waals surface area contributed by atoms with Crippen LogP contribution in [0.25, 0.3) is 12.2 Å². The molecule has 2 rings (SSSR count). The molecule has 3 atom stereocenters. The third kappa shape index (κ3) is 11.6. The summed E-state index contributed by atoms with van der Waals surface area (Å²) < 4.78 is 52.7. The van der Waals surface area contributed by atoms with E-state index >= 15 is 0 Å². The number of hydrogen-bond acceptors (Lipinski definition) is 4. The molecule has 0 fully saturated rings. The van der Waals surface area contributed by atoms with E-state index in [0.717, 1.165) is 29.2 Å². The van der Waals surface area contributed by atoms with Gasteiger partial charge >= 0.3 is 6.18 Å². The number of allylic oxidation sites excluding steroid dienone is 1. The minimum atomic E-state index is -4.74. The lowest BCUT2D eigenvalue weighted by molar-refractivity contribution is -0.140. The first-order chi connectivity index (χ1) is 19.1. The second kappa shape index (κ2) is 16.6. The normalized spacial score (nSPS) is 15.5. The van der Waals surface area contributed by atoms with Crippen LogP contribution < -0.4 is 21.5 Å². The van der Waals surface area contributed by atoms with Crippen LogP contribution in [0.4, 0.5) is 23.4 Å². The topological polar surface area (TPSA) is 63.8 Å². The quantitative estimate of drug-likeness (QED) is 0.250. The van der Waals surface area contributed by atoms with Crippen molar-refractivity contribution in [1.82, 2.24) is 10.2 Å². The molecule has 0 aliphatic carbocycles. The highest BCUT2D eigenvalue weighted by molar-refractivity contribution is 5.53. The summed E-state index contributed by atoms with van der Waals surface area (Å²) in [7, 11) is 0. The Kier molecular flexibility index (Phi) is 14.7. The Morgan fingerprint density at radius 3 is 2.29 bits per heavy atom. The molecular weight excluding hydrogens is 528 g/mol. The summed E-state index contributed by atoms with van der Waals surface area (Å²) in [6.07, 6.45) is 6.47. The van der Waals surface area contributed by atoms with Crippen LogP contribution >= 0.6 is 0 Å². The van der Waals surface area contributed by atoms with Gasteiger partial charge in [0.1, 0.15) is 5.82 Å². The summed E-state index contributed by atoms with van der Waals surface area (Å²) in [6.45, 7) is 20.7. The SMILES string of the molecule is C=C(C)/C=c1/c(NCc2cccc(C(F)(F)F)c2F)nnc(C)/c1=C/C.CCC(C)CCC(C)(CC)CC(N)CC. The highest BCUT2D eigenvalue weighted by Crippen LogP contribution is 2.35. The average Bonchev–Trinajstić information content (AvgIpc) is 2.91. The molecule has 1 heterocycles. The first-order valence-electron chi connectivity index (χ1n) is 14.6. The molecule has 3 N–H and O–H groups in total. The smallest absolute Gasteiger partial charge is 0.364 e. The Balaban J connectivity index is 0.000000479. The van der Waals surface area contributed by atoms with E-state index in [0.29, 0.717) is 28.2 Å². The summed E-state index contributed by atoms with van der Waals surface area (Å²) >= 11 is 0. The van der Waals surface area contributed by atoms with Crippen molar-refractivity contribution in [2.45, 2.75) is 113 Å². The summed E-state index contributed by atoms with van der Waals surface area (Å²) in [5, 5.41) is 12.5. The average molecular weight is 579 g/mol. The fourth-order valence-corrected chi connectivity index (χ4v) is 4.56. The second-order valence-electron chi connectivity index (χ2n) is 11.5. The van der Waals surface area contributed by atoms with Crippen LogP contribution in [0.1, 0.15) is 104 Å². The number of alkyl halides is 3. The van der Waals surface area contributed by atoms with E-state index in [4.69, 9.17) is 5.73 Å². The largest absolute Gasteiger partial charge is 0.419 e. The zero-order valence-electron chi connectivity index (χ0n) is 26.2. The van der Waals surface area contributed by atoms with Gasteiger partial charge in [-0.25, -0.2) is 4.39 Å². The molecule has 1 aromatic heterocycles. The first kappa shape index (κ1) is 36.3. The highest BCUT2D eigenvalue weighted by atomic mass is 19.4. The molecule has 2 aromatic rings. The minimum absolute atomic E-state index is 0.106. The van der Waals surface area contributed by atoms with Gasteiger partial charge in [-0.1, -0.05) is 84.2 Å². The maximum absolute atomic E-state index is 14.2. The van der Waals surface area contributed by atoms with Crippen molar-refractivity contribution in [2.24, 2.45) is 17.1 Å². The Bertz CT molecular complexity index is 1240. The number of rotatable bonds is 12. The molecule has 0 amide bonds. The lowest BCUT2D eigenvalue weighted by Crippen LogP contribution is -2.33. The van der Waals surface area contributed by atoms with Crippen molar-refractivity contribution < 1.29 is 17.6 Å². The second-order valence-corrected chi connectivity index (χ2v) is 11.5. The summed E-state index contributed by atoms with van der Waals surface area (Å²) in [5.74, 6) is -0.0717. The number of nitrogens with one attached hydrogen (secondary N) is 1. The molecule has 0 saturated carbocycles. The minimum Gasteiger partial charge on any atom is -0.364 e. The standard InChI is InChI=1S/C19H19F4N3.C14H31N/c1-5-14-12(4)25-26-18(15(14)9-11(2)3)24-10-13-7-6-8-16(17(13)20)19(21,22)23;1-6-12(4)9-10-14(5,8-3)11-13(15)7-2/h5-9H,2,10H2,1,3-4H3,(H,24,26);12-13H,6-11,15H2,1-5H3/b14-5-,15-9+;. The number of hydrogen-bond donors (Lipinski definition) is 2. The van der Waals surface area contributed by atoms with E-state index in [1.54, 1.807) is 13.0 Å². The van der Waals surface area contributed by atoms with Crippen LogP contribution in [0.3, 0.4) is 0 Å². The van der Waals surface area contributed by atoms with Gasteiger partial charge in [0.2, 0.25) is 0 Å². The Labute approximate surface area is 244 Å². The summed E-state index contributed by atoms with van der Waals surface area (Å²) in [5.41, 5.74) is 6.63. The van der Waals surface area contributed by atoms with E-state index in [-0.39, 0.29) is 12.1 Å². The lowest BCUT2D eigenvalue weighted by atomic mass is 9.75. The molecule has 230 valence electrons. The van der Waals surface area contributed by atoms with E-state index in [2.05, 4.69) is 56.7 Å². The predicted molar refractivity (Wildman–Crippen MR) is 164 cm³/mol. The fraction of sp³-hybridized carbons (Fsp3) is 0.576. The Hall–Kier alpha value is -2.74. The number of aromatic nitrogens is 2. The van der Waals surface area contributed by atoms with Gasteiger partial charge in [-0.2, -0.15) is 18.3 Å². The molecule has 1 aromatic carbocycles. The molecule has 0 aliphatic heterocycles. The van der Waals surface area contributed by atoms with Gasteiger partial charge in [-0.3, -0.25) is 0 Å². The van der Waals surface area contributed by atoms with Gasteiger partial charge in [0.15, 0.2) is 5.82 Å². The number of nitrogens with zero attached hydrogens (tertiary/aromatic N) is 2. The molecule has 0 radical (unpaired) electrons. The van der Waals surface area contributed by atoms with Crippen molar-refractivity contribution in [3.8, 4) is 0 Å². The van der Waals surface area contributed by atoms with Crippen LogP contribution in [-0.2, 0) is 12.7 Å². The number of nitrogens with two attached hydrogens (primary N) is 1. The highest BCUT2D eigenvalue weighted by Gasteiger charge is 2.34. The van der Waals surface area contributed by atoms with Crippen molar-refractivity contribution in [3.05, 3.63) is 63.4 Å². The molecule has 0 spiro atoms. The van der Waals surface area contributed by atoms with E-state index in [1.165, 1.54) is 44.2 Å². The van der Waals surface area contributed by atoms with Crippen LogP contribution in [-0.4, -0.2) is 16.2 Å². The van der Waals surface area contributed by atoms with Crippen molar-refractivity contribution in [3.63, 3.8) is 0 Å². The third-order valence-electron chi connectivity index (χ3n) is 7.82. The predicted octanol–water partition coefficient (Wildman–Crippen LogP) is 8.07. The van der Waals surface area contributed by atoms with Gasteiger partial charge < -0.3 is 11.1 Å². The summed E-state index contributed by atoms with van der Waals surface area (Å²) in [6, 6.07) is 3.59.